The Morgan fingerprint density at radius 3 is 2.42 bits per heavy atom. The topological polar surface area (TPSA) is 38.0 Å². The van der Waals surface area contributed by atoms with Crippen molar-refractivity contribution in [1.29, 1.82) is 0 Å². The third-order valence-corrected chi connectivity index (χ3v) is 4.70. The predicted octanol–water partition coefficient (Wildman–Crippen LogP) is 3.75. The maximum absolute atomic E-state index is 14.2. The van der Waals surface area contributed by atoms with E-state index in [1.165, 1.54) is 0 Å². The van der Waals surface area contributed by atoms with E-state index >= 15 is 0 Å². The van der Waals surface area contributed by atoms with Gasteiger partial charge in [-0.05, 0) is 37.2 Å². The lowest BCUT2D eigenvalue weighted by Crippen LogP contribution is -2.40. The van der Waals surface area contributed by atoms with E-state index in [2.05, 4.69) is 12.3 Å². The summed E-state index contributed by atoms with van der Waals surface area (Å²) in [5, 5.41) is 0. The largest absolute Gasteiger partial charge is 0.271 e. The fraction of sp³-hybridized carbons (Fsp3) is 0.600. The van der Waals surface area contributed by atoms with Gasteiger partial charge in [-0.15, -0.1) is 0 Å². The Hall–Kier alpha value is -1.00. The third-order valence-electron chi connectivity index (χ3n) is 4.70. The first-order valence-corrected chi connectivity index (χ1v) is 6.96. The number of halogens is 2. The van der Waals surface area contributed by atoms with Crippen LogP contribution in [0.4, 0.5) is 8.78 Å². The van der Waals surface area contributed by atoms with Gasteiger partial charge in [0.05, 0.1) is 6.04 Å². The highest BCUT2D eigenvalue weighted by atomic mass is 19.2. The van der Waals surface area contributed by atoms with Crippen molar-refractivity contribution in [2.24, 2.45) is 11.3 Å². The first-order valence-electron chi connectivity index (χ1n) is 6.96. The van der Waals surface area contributed by atoms with E-state index in [9.17, 15) is 8.78 Å². The Bertz CT molecular complexity index is 454. The van der Waals surface area contributed by atoms with Gasteiger partial charge in [-0.25, -0.2) is 8.78 Å². The average Bonchev–Trinajstić information content (AvgIpc) is 2.89. The maximum Gasteiger partial charge on any atom is 0.163 e. The summed E-state index contributed by atoms with van der Waals surface area (Å²) in [7, 11) is 0. The van der Waals surface area contributed by atoms with Crippen LogP contribution in [0.25, 0.3) is 0 Å². The molecule has 1 aromatic rings. The summed E-state index contributed by atoms with van der Waals surface area (Å²) < 4.78 is 27.9. The molecule has 4 heteroatoms. The molecule has 3 N–H and O–H groups in total. The fourth-order valence-corrected chi connectivity index (χ4v) is 3.41. The molecule has 0 amide bonds. The summed E-state index contributed by atoms with van der Waals surface area (Å²) in [4.78, 5) is 0. The summed E-state index contributed by atoms with van der Waals surface area (Å²) in [5.74, 6) is 4.14. The first kappa shape index (κ1) is 14.4. The number of aryl methyl sites for hydroxylation is 1. The molecular weight excluding hydrogens is 246 g/mol. The van der Waals surface area contributed by atoms with Gasteiger partial charge < -0.3 is 0 Å². The number of hydrogen-bond donors (Lipinski definition) is 2. The van der Waals surface area contributed by atoms with Gasteiger partial charge in [0.25, 0.3) is 0 Å². The van der Waals surface area contributed by atoms with Crippen molar-refractivity contribution in [3.05, 3.63) is 34.9 Å². The maximum atomic E-state index is 14.2. The lowest BCUT2D eigenvalue weighted by Gasteiger charge is -2.37. The second-order valence-corrected chi connectivity index (χ2v) is 5.62. The van der Waals surface area contributed by atoms with Gasteiger partial charge in [0, 0.05) is 5.56 Å². The van der Waals surface area contributed by atoms with Gasteiger partial charge in [0.15, 0.2) is 11.6 Å². The minimum atomic E-state index is -0.762. The van der Waals surface area contributed by atoms with E-state index in [1.807, 2.05) is 0 Å². The molecule has 1 unspecified atom stereocenters. The molecule has 0 bridgehead atoms. The molecule has 1 aliphatic carbocycles. The highest BCUT2D eigenvalue weighted by Gasteiger charge is 2.41. The van der Waals surface area contributed by atoms with Crippen LogP contribution in [0, 0.1) is 24.0 Å². The Morgan fingerprint density at radius 1 is 1.26 bits per heavy atom. The van der Waals surface area contributed by atoms with Crippen molar-refractivity contribution in [3.8, 4) is 0 Å². The highest BCUT2D eigenvalue weighted by Crippen LogP contribution is 2.50. The average molecular weight is 268 g/mol. The molecule has 19 heavy (non-hydrogen) atoms. The Kier molecular flexibility index (Phi) is 4.21. The van der Waals surface area contributed by atoms with Gasteiger partial charge in [0.1, 0.15) is 0 Å². The molecule has 1 aliphatic rings. The van der Waals surface area contributed by atoms with Crippen molar-refractivity contribution in [1.82, 2.24) is 5.43 Å². The van der Waals surface area contributed by atoms with Crippen LogP contribution in [0.2, 0.25) is 0 Å². The zero-order chi connectivity index (χ0) is 14.0. The minimum absolute atomic E-state index is 0.0582. The van der Waals surface area contributed by atoms with Crippen molar-refractivity contribution in [2.45, 2.75) is 52.0 Å². The molecule has 0 aromatic heterocycles. The monoisotopic (exact) mass is 268 g/mol. The summed E-state index contributed by atoms with van der Waals surface area (Å²) in [6.45, 7) is 3.66. The van der Waals surface area contributed by atoms with Crippen LogP contribution in [-0.2, 0) is 0 Å². The molecule has 1 atom stereocenters. The molecule has 0 aliphatic heterocycles. The van der Waals surface area contributed by atoms with Gasteiger partial charge in [-0.2, -0.15) is 0 Å². The predicted molar refractivity (Wildman–Crippen MR) is 72.4 cm³/mol. The molecule has 0 saturated heterocycles. The molecule has 0 radical (unpaired) electrons. The Morgan fingerprint density at radius 2 is 1.89 bits per heavy atom. The summed E-state index contributed by atoms with van der Waals surface area (Å²) >= 11 is 0. The SMILES string of the molecule is CCC1(C(NN)c2ccc(C)c(F)c2F)CCCC1. The van der Waals surface area contributed by atoms with Crippen molar-refractivity contribution < 1.29 is 8.78 Å². The number of nitrogens with one attached hydrogen (secondary N) is 1. The highest BCUT2D eigenvalue weighted by molar-refractivity contribution is 5.29. The number of benzene rings is 1. The molecular formula is C15H22F2N2. The summed E-state index contributed by atoms with van der Waals surface area (Å²) in [6.07, 6.45) is 5.18. The second kappa shape index (κ2) is 5.55. The van der Waals surface area contributed by atoms with E-state index in [1.54, 1.807) is 19.1 Å². The van der Waals surface area contributed by atoms with Gasteiger partial charge >= 0.3 is 0 Å². The van der Waals surface area contributed by atoms with Crippen LogP contribution in [-0.4, -0.2) is 0 Å². The van der Waals surface area contributed by atoms with Gasteiger partial charge in [-0.3, -0.25) is 11.3 Å². The van der Waals surface area contributed by atoms with Crippen LogP contribution in [0.3, 0.4) is 0 Å². The van der Waals surface area contributed by atoms with Crippen LogP contribution < -0.4 is 11.3 Å². The normalized spacial score (nSPS) is 19.6. The molecule has 0 spiro atoms. The molecule has 0 heterocycles. The van der Waals surface area contributed by atoms with Crippen molar-refractivity contribution in [2.75, 3.05) is 0 Å². The smallest absolute Gasteiger partial charge is 0.163 e. The van der Waals surface area contributed by atoms with Gasteiger partial charge in [-0.1, -0.05) is 31.9 Å². The second-order valence-electron chi connectivity index (χ2n) is 5.62. The van der Waals surface area contributed by atoms with Crippen LogP contribution in [0.15, 0.2) is 12.1 Å². The van der Waals surface area contributed by atoms with E-state index < -0.39 is 11.6 Å². The molecule has 2 rings (SSSR count). The third kappa shape index (κ3) is 2.39. The van der Waals surface area contributed by atoms with E-state index in [-0.39, 0.29) is 11.5 Å². The molecule has 2 nitrogen and oxygen atoms in total. The number of nitrogens with two attached hydrogens (primary N) is 1. The molecule has 1 fully saturated rings. The van der Waals surface area contributed by atoms with Gasteiger partial charge in [0.2, 0.25) is 0 Å². The first-order chi connectivity index (χ1) is 9.05. The molecule has 1 aromatic carbocycles. The quantitative estimate of drug-likeness (QED) is 0.644. The Labute approximate surface area is 113 Å². The van der Waals surface area contributed by atoms with Crippen molar-refractivity contribution in [3.63, 3.8) is 0 Å². The summed E-state index contributed by atoms with van der Waals surface area (Å²) in [5.41, 5.74) is 3.36. The number of hydrazine groups is 1. The van der Waals surface area contributed by atoms with Crippen LogP contribution >= 0.6 is 0 Å². The van der Waals surface area contributed by atoms with E-state index in [4.69, 9.17) is 5.84 Å². The standard InChI is InChI=1S/C15H22F2N2/c1-3-15(8-4-5-9-15)14(19-18)11-7-6-10(2)12(16)13(11)17/h6-7,14,19H,3-5,8-9,18H2,1-2H3. The van der Waals surface area contributed by atoms with Crippen molar-refractivity contribution >= 4 is 0 Å². The van der Waals surface area contributed by atoms with Crippen LogP contribution in [0.5, 0.6) is 0 Å². The lowest BCUT2D eigenvalue weighted by molar-refractivity contribution is 0.183. The fourth-order valence-electron chi connectivity index (χ4n) is 3.41. The number of hydrogen-bond acceptors (Lipinski definition) is 2. The zero-order valence-electron chi connectivity index (χ0n) is 11.6. The van der Waals surface area contributed by atoms with E-state index in [0.717, 1.165) is 32.1 Å². The Balaban J connectivity index is 2.45. The molecule has 1 saturated carbocycles. The number of rotatable bonds is 4. The van der Waals surface area contributed by atoms with E-state index in [0.29, 0.717) is 11.1 Å². The zero-order valence-corrected chi connectivity index (χ0v) is 11.6. The minimum Gasteiger partial charge on any atom is -0.271 e. The lowest BCUT2D eigenvalue weighted by atomic mass is 9.73. The van der Waals surface area contributed by atoms with Crippen LogP contribution in [0.1, 0.15) is 56.2 Å². The molecule has 106 valence electrons. The summed E-state index contributed by atoms with van der Waals surface area (Å²) in [6, 6.07) is 2.96.